The van der Waals surface area contributed by atoms with Crippen LogP contribution in [0.2, 0.25) is 10.0 Å². The summed E-state index contributed by atoms with van der Waals surface area (Å²) in [5.74, 6) is 0.308. The van der Waals surface area contributed by atoms with Crippen molar-refractivity contribution in [1.82, 2.24) is 10.2 Å². The zero-order valence-corrected chi connectivity index (χ0v) is 14.9. The number of hydrogen-bond donors (Lipinski definition) is 1. The number of carbonyl (C=O) groups excluding carboxylic acids is 1. The third kappa shape index (κ3) is 6.42. The summed E-state index contributed by atoms with van der Waals surface area (Å²) in [5, 5.41) is 3.81. The first-order chi connectivity index (χ1) is 10.5. The lowest BCUT2D eigenvalue weighted by atomic mass is 10.3. The molecule has 1 aromatic rings. The average molecular weight is 347 g/mol. The summed E-state index contributed by atoms with van der Waals surface area (Å²) in [6, 6.07) is 4.93. The van der Waals surface area contributed by atoms with Crippen LogP contribution in [0.3, 0.4) is 0 Å². The summed E-state index contributed by atoms with van der Waals surface area (Å²) in [6.07, 6.45) is 0.314. The molecule has 0 fully saturated rings. The molecule has 0 aliphatic heterocycles. The predicted molar refractivity (Wildman–Crippen MR) is 92.0 cm³/mol. The Bertz CT molecular complexity index is 479. The monoisotopic (exact) mass is 346 g/mol. The quantitative estimate of drug-likeness (QED) is 0.694. The Morgan fingerprint density at radius 2 is 2.00 bits per heavy atom. The molecule has 0 saturated heterocycles. The van der Waals surface area contributed by atoms with Crippen molar-refractivity contribution in [2.75, 3.05) is 26.2 Å². The van der Waals surface area contributed by atoms with Gasteiger partial charge in [0.1, 0.15) is 5.75 Å². The summed E-state index contributed by atoms with van der Waals surface area (Å²) in [7, 11) is 0. The van der Waals surface area contributed by atoms with Crippen LogP contribution in [0.5, 0.6) is 5.75 Å². The van der Waals surface area contributed by atoms with Crippen molar-refractivity contribution in [3.63, 3.8) is 0 Å². The van der Waals surface area contributed by atoms with E-state index in [0.29, 0.717) is 22.3 Å². The maximum absolute atomic E-state index is 12.0. The van der Waals surface area contributed by atoms with Crippen LogP contribution in [0.25, 0.3) is 0 Å². The fraction of sp³-hybridized carbons (Fsp3) is 0.562. The lowest BCUT2D eigenvalue weighted by molar-refractivity contribution is -0.127. The first-order valence-corrected chi connectivity index (χ1v) is 8.35. The van der Waals surface area contributed by atoms with Crippen LogP contribution in [0.15, 0.2) is 18.2 Å². The number of carbonyl (C=O) groups is 1. The van der Waals surface area contributed by atoms with E-state index in [2.05, 4.69) is 24.1 Å². The van der Waals surface area contributed by atoms with E-state index in [4.69, 9.17) is 27.9 Å². The molecule has 4 nitrogen and oxygen atoms in total. The summed E-state index contributed by atoms with van der Waals surface area (Å²) in [6.45, 7) is 9.63. The Morgan fingerprint density at radius 3 is 2.59 bits per heavy atom. The summed E-state index contributed by atoms with van der Waals surface area (Å²) in [5.41, 5.74) is 0. The number of ether oxygens (including phenoxy) is 1. The van der Waals surface area contributed by atoms with Gasteiger partial charge in [0, 0.05) is 11.6 Å². The Balaban J connectivity index is 2.36. The van der Waals surface area contributed by atoms with Crippen molar-refractivity contribution in [3.05, 3.63) is 28.2 Å². The minimum absolute atomic E-state index is 0.148. The molecule has 6 heteroatoms. The third-order valence-electron chi connectivity index (χ3n) is 3.41. The molecule has 22 heavy (non-hydrogen) atoms. The molecule has 0 spiro atoms. The highest BCUT2D eigenvalue weighted by Gasteiger charge is 2.15. The number of nitrogens with zero attached hydrogens (tertiary/aromatic N) is 1. The van der Waals surface area contributed by atoms with E-state index in [9.17, 15) is 4.79 Å². The summed E-state index contributed by atoms with van der Waals surface area (Å²) in [4.78, 5) is 14.3. The first kappa shape index (κ1) is 19.1. The van der Waals surface area contributed by atoms with E-state index in [1.165, 1.54) is 0 Å². The largest absolute Gasteiger partial charge is 0.479 e. The third-order valence-corrected chi connectivity index (χ3v) is 3.94. The predicted octanol–water partition coefficient (Wildman–Crippen LogP) is 3.61. The van der Waals surface area contributed by atoms with Gasteiger partial charge in [0.15, 0.2) is 6.10 Å². The van der Waals surface area contributed by atoms with E-state index in [-0.39, 0.29) is 5.91 Å². The lowest BCUT2D eigenvalue weighted by Gasteiger charge is -2.19. The van der Waals surface area contributed by atoms with Crippen LogP contribution >= 0.6 is 23.2 Å². The van der Waals surface area contributed by atoms with Crippen LogP contribution < -0.4 is 10.1 Å². The summed E-state index contributed by atoms with van der Waals surface area (Å²) < 4.78 is 5.57. The van der Waals surface area contributed by atoms with Gasteiger partial charge in [0.2, 0.25) is 0 Å². The maximum atomic E-state index is 12.0. The van der Waals surface area contributed by atoms with Crippen molar-refractivity contribution in [2.24, 2.45) is 0 Å². The van der Waals surface area contributed by atoms with Gasteiger partial charge in [0.05, 0.1) is 5.02 Å². The molecule has 1 aromatic carbocycles. The fourth-order valence-corrected chi connectivity index (χ4v) is 2.47. The van der Waals surface area contributed by atoms with Crippen molar-refractivity contribution in [1.29, 1.82) is 0 Å². The Morgan fingerprint density at radius 1 is 1.32 bits per heavy atom. The van der Waals surface area contributed by atoms with Crippen molar-refractivity contribution in [3.8, 4) is 5.75 Å². The van der Waals surface area contributed by atoms with Gasteiger partial charge >= 0.3 is 0 Å². The zero-order chi connectivity index (χ0) is 16.5. The van der Waals surface area contributed by atoms with Crippen LogP contribution in [0.1, 0.15) is 27.2 Å². The fourth-order valence-electron chi connectivity index (χ4n) is 2.01. The smallest absolute Gasteiger partial charge is 0.260 e. The van der Waals surface area contributed by atoms with Crippen LogP contribution in [0.4, 0.5) is 0 Å². The van der Waals surface area contributed by atoms with E-state index < -0.39 is 6.10 Å². The van der Waals surface area contributed by atoms with Gasteiger partial charge < -0.3 is 15.0 Å². The molecule has 0 aliphatic rings. The second-order valence-corrected chi connectivity index (χ2v) is 5.85. The minimum atomic E-state index is -0.605. The van der Waals surface area contributed by atoms with Crippen LogP contribution in [0, 0.1) is 0 Å². The molecule has 1 atom stereocenters. The number of benzene rings is 1. The molecule has 0 bridgehead atoms. The standard InChI is InChI=1S/C16H24Cl2N2O2/c1-4-20(5-2)10-6-9-19-16(21)12(3)22-15-8-7-13(17)11-14(15)18/h7-8,11-12H,4-6,9-10H2,1-3H3,(H,19,21). The van der Waals surface area contributed by atoms with Gasteiger partial charge in [-0.3, -0.25) is 4.79 Å². The second-order valence-electron chi connectivity index (χ2n) is 5.01. The van der Waals surface area contributed by atoms with E-state index in [1.54, 1.807) is 25.1 Å². The Hall–Kier alpha value is -0.970. The SMILES string of the molecule is CCN(CC)CCCNC(=O)C(C)Oc1ccc(Cl)cc1Cl. The molecule has 124 valence electrons. The maximum Gasteiger partial charge on any atom is 0.260 e. The number of halogens is 2. The number of amides is 1. The van der Waals surface area contributed by atoms with E-state index in [0.717, 1.165) is 26.1 Å². The highest BCUT2D eigenvalue weighted by molar-refractivity contribution is 6.35. The van der Waals surface area contributed by atoms with Gasteiger partial charge in [-0.1, -0.05) is 37.0 Å². The molecule has 0 aliphatic carbocycles. The Kier molecular flexibility index (Phi) is 8.61. The van der Waals surface area contributed by atoms with Gasteiger partial charge in [0.25, 0.3) is 5.91 Å². The molecule has 0 heterocycles. The van der Waals surface area contributed by atoms with Crippen LogP contribution in [-0.2, 0) is 4.79 Å². The molecule has 0 aromatic heterocycles. The van der Waals surface area contributed by atoms with E-state index >= 15 is 0 Å². The second kappa shape index (κ2) is 9.93. The topological polar surface area (TPSA) is 41.6 Å². The molecular formula is C16H24Cl2N2O2. The highest BCUT2D eigenvalue weighted by Crippen LogP contribution is 2.28. The molecular weight excluding hydrogens is 323 g/mol. The van der Waals surface area contributed by atoms with Crippen LogP contribution in [-0.4, -0.2) is 43.1 Å². The molecule has 1 rings (SSSR count). The normalized spacial score (nSPS) is 12.3. The average Bonchev–Trinajstić information content (AvgIpc) is 2.50. The molecule has 1 N–H and O–H groups in total. The highest BCUT2D eigenvalue weighted by atomic mass is 35.5. The number of nitrogens with one attached hydrogen (secondary N) is 1. The van der Waals surface area contributed by atoms with E-state index in [1.807, 2.05) is 0 Å². The Labute approximate surface area is 142 Å². The van der Waals surface area contributed by atoms with Crippen molar-refractivity contribution < 1.29 is 9.53 Å². The van der Waals surface area contributed by atoms with Crippen molar-refractivity contribution >= 4 is 29.1 Å². The number of hydrogen-bond acceptors (Lipinski definition) is 3. The molecule has 0 radical (unpaired) electrons. The van der Waals surface area contributed by atoms with Crippen molar-refractivity contribution in [2.45, 2.75) is 33.3 Å². The molecule has 0 saturated carbocycles. The molecule has 1 unspecified atom stereocenters. The van der Waals surface area contributed by atoms with Gasteiger partial charge in [-0.05, 0) is 51.2 Å². The zero-order valence-electron chi connectivity index (χ0n) is 13.4. The van der Waals surface area contributed by atoms with Gasteiger partial charge in [-0.15, -0.1) is 0 Å². The van der Waals surface area contributed by atoms with Gasteiger partial charge in [-0.25, -0.2) is 0 Å². The van der Waals surface area contributed by atoms with Gasteiger partial charge in [-0.2, -0.15) is 0 Å². The summed E-state index contributed by atoms with van der Waals surface area (Å²) >= 11 is 11.9. The lowest BCUT2D eigenvalue weighted by Crippen LogP contribution is -2.38. The number of rotatable bonds is 9. The minimum Gasteiger partial charge on any atom is -0.479 e. The molecule has 1 amide bonds. The first-order valence-electron chi connectivity index (χ1n) is 7.59.